The van der Waals surface area contributed by atoms with Crippen LogP contribution in [0.15, 0.2) is 109 Å². The second kappa shape index (κ2) is 9.22. The molecule has 0 heterocycles. The van der Waals surface area contributed by atoms with E-state index in [1.165, 1.54) is 43.0 Å². The molecule has 0 fully saturated rings. The standard InChI is InChI=1S/C27H21P.CH4O/c1-20-16-18-23(19-17-20)28(26-14-6-10-21-8-2-4-12-24(21)26)27-15-7-11-22-9-3-5-13-25(22)27;1-2/h2-19H,1H3;2H,1H3. The lowest BCUT2D eigenvalue weighted by atomic mass is 10.1. The second-order valence-electron chi connectivity index (χ2n) is 7.17. The van der Waals surface area contributed by atoms with Crippen LogP contribution in [-0.2, 0) is 0 Å². The van der Waals surface area contributed by atoms with Gasteiger partial charge in [0.25, 0.3) is 0 Å². The minimum atomic E-state index is -0.658. The molecule has 0 aromatic heterocycles. The highest BCUT2D eigenvalue weighted by Crippen LogP contribution is 2.38. The molecule has 0 bridgehead atoms. The van der Waals surface area contributed by atoms with Crippen molar-refractivity contribution in [2.24, 2.45) is 0 Å². The Kier molecular flexibility index (Phi) is 6.23. The summed E-state index contributed by atoms with van der Waals surface area (Å²) in [6.45, 7) is 2.15. The predicted molar refractivity (Wildman–Crippen MR) is 133 cm³/mol. The summed E-state index contributed by atoms with van der Waals surface area (Å²) in [6, 6.07) is 40.1. The van der Waals surface area contributed by atoms with Crippen molar-refractivity contribution in [3.63, 3.8) is 0 Å². The van der Waals surface area contributed by atoms with E-state index in [0.29, 0.717) is 0 Å². The van der Waals surface area contributed by atoms with Crippen molar-refractivity contribution in [2.75, 3.05) is 7.11 Å². The minimum Gasteiger partial charge on any atom is -0.400 e. The van der Waals surface area contributed by atoms with Gasteiger partial charge < -0.3 is 5.11 Å². The molecule has 30 heavy (non-hydrogen) atoms. The molecule has 0 amide bonds. The van der Waals surface area contributed by atoms with Gasteiger partial charge in [0, 0.05) is 7.11 Å². The number of aliphatic hydroxyl groups is 1. The van der Waals surface area contributed by atoms with Crippen LogP contribution in [-0.4, -0.2) is 12.2 Å². The Morgan fingerprint density at radius 3 is 1.43 bits per heavy atom. The maximum absolute atomic E-state index is 7.00. The lowest BCUT2D eigenvalue weighted by molar-refractivity contribution is 0.399. The number of aryl methyl sites for hydroxylation is 1. The van der Waals surface area contributed by atoms with Crippen LogP contribution in [0, 0.1) is 6.92 Å². The summed E-state index contributed by atoms with van der Waals surface area (Å²) in [5.41, 5.74) is 1.30. The SMILES string of the molecule is CO.Cc1ccc(P(c2cccc3ccccc23)c2cccc3ccccc23)cc1. The van der Waals surface area contributed by atoms with E-state index in [4.69, 9.17) is 5.11 Å². The quantitative estimate of drug-likeness (QED) is 0.382. The zero-order valence-corrected chi connectivity index (χ0v) is 18.2. The van der Waals surface area contributed by atoms with Crippen LogP contribution in [0.1, 0.15) is 5.56 Å². The molecule has 5 aromatic rings. The highest BCUT2D eigenvalue weighted by Gasteiger charge is 2.20. The van der Waals surface area contributed by atoms with E-state index in [9.17, 15) is 0 Å². The topological polar surface area (TPSA) is 20.2 Å². The van der Waals surface area contributed by atoms with Gasteiger partial charge in [-0.25, -0.2) is 0 Å². The van der Waals surface area contributed by atoms with E-state index >= 15 is 0 Å². The predicted octanol–water partition coefficient (Wildman–Crippen LogP) is 5.67. The Labute approximate surface area is 179 Å². The van der Waals surface area contributed by atoms with Gasteiger partial charge in [0.15, 0.2) is 0 Å². The number of benzene rings is 5. The number of hydrogen-bond donors (Lipinski definition) is 1. The van der Waals surface area contributed by atoms with Crippen molar-refractivity contribution in [1.82, 2.24) is 0 Å². The average Bonchev–Trinajstić information content (AvgIpc) is 2.82. The Balaban J connectivity index is 0.00000106. The van der Waals surface area contributed by atoms with Crippen molar-refractivity contribution in [1.29, 1.82) is 0 Å². The van der Waals surface area contributed by atoms with Crippen molar-refractivity contribution >= 4 is 45.4 Å². The average molecular weight is 408 g/mol. The molecule has 5 rings (SSSR count). The van der Waals surface area contributed by atoms with E-state index in [0.717, 1.165) is 7.11 Å². The lowest BCUT2D eigenvalue weighted by Gasteiger charge is -2.23. The van der Waals surface area contributed by atoms with E-state index in [1.54, 1.807) is 0 Å². The largest absolute Gasteiger partial charge is 0.400 e. The van der Waals surface area contributed by atoms with Crippen molar-refractivity contribution in [3.8, 4) is 0 Å². The Morgan fingerprint density at radius 2 is 0.933 bits per heavy atom. The smallest absolute Gasteiger partial charge is 0.0319 e. The van der Waals surface area contributed by atoms with E-state index in [-0.39, 0.29) is 0 Å². The first-order valence-corrected chi connectivity index (χ1v) is 11.4. The third kappa shape index (κ3) is 3.87. The third-order valence-electron chi connectivity index (χ3n) is 5.31. The van der Waals surface area contributed by atoms with Crippen LogP contribution in [0.5, 0.6) is 0 Å². The summed E-state index contributed by atoms with van der Waals surface area (Å²) >= 11 is 0. The molecular formula is C28H25OP. The van der Waals surface area contributed by atoms with Crippen LogP contribution in [0.2, 0.25) is 0 Å². The van der Waals surface area contributed by atoms with Gasteiger partial charge in [-0.15, -0.1) is 0 Å². The van der Waals surface area contributed by atoms with E-state index in [2.05, 4.69) is 116 Å². The van der Waals surface area contributed by atoms with Crippen molar-refractivity contribution < 1.29 is 5.11 Å². The van der Waals surface area contributed by atoms with E-state index in [1.807, 2.05) is 0 Å². The van der Waals surface area contributed by atoms with Crippen molar-refractivity contribution in [2.45, 2.75) is 6.92 Å². The minimum absolute atomic E-state index is 0.658. The molecule has 1 N–H and O–H groups in total. The van der Waals surface area contributed by atoms with Gasteiger partial charge in [0.05, 0.1) is 0 Å². The molecule has 0 spiro atoms. The molecule has 1 nitrogen and oxygen atoms in total. The van der Waals surface area contributed by atoms with Gasteiger partial charge in [-0.3, -0.25) is 0 Å². The summed E-state index contributed by atoms with van der Waals surface area (Å²) in [7, 11) is 0.342. The molecule has 0 aliphatic rings. The third-order valence-corrected chi connectivity index (χ3v) is 7.87. The second-order valence-corrected chi connectivity index (χ2v) is 9.32. The monoisotopic (exact) mass is 408 g/mol. The van der Waals surface area contributed by atoms with Gasteiger partial charge in [-0.2, -0.15) is 0 Å². The Bertz CT molecular complexity index is 1190. The van der Waals surface area contributed by atoms with Gasteiger partial charge >= 0.3 is 0 Å². The fraction of sp³-hybridized carbons (Fsp3) is 0.0714. The lowest BCUT2D eigenvalue weighted by Crippen LogP contribution is -2.22. The highest BCUT2D eigenvalue weighted by atomic mass is 31.1. The number of aliphatic hydroxyl groups excluding tert-OH is 1. The van der Waals surface area contributed by atoms with Crippen molar-refractivity contribution in [3.05, 3.63) is 115 Å². The van der Waals surface area contributed by atoms with Crippen LogP contribution in [0.25, 0.3) is 21.5 Å². The summed E-state index contributed by atoms with van der Waals surface area (Å²) in [4.78, 5) is 0. The molecule has 0 unspecified atom stereocenters. The molecule has 0 saturated carbocycles. The molecule has 2 heteroatoms. The fourth-order valence-electron chi connectivity index (χ4n) is 3.91. The molecular weight excluding hydrogens is 383 g/mol. The Morgan fingerprint density at radius 1 is 0.500 bits per heavy atom. The van der Waals surface area contributed by atoms with Crippen LogP contribution >= 0.6 is 7.92 Å². The molecule has 148 valence electrons. The first kappa shape index (κ1) is 20.3. The molecule has 0 radical (unpaired) electrons. The van der Waals surface area contributed by atoms with Crippen LogP contribution in [0.3, 0.4) is 0 Å². The van der Waals surface area contributed by atoms with Gasteiger partial charge in [-0.05, 0) is 52.3 Å². The maximum Gasteiger partial charge on any atom is 0.0319 e. The Hall–Kier alpha value is -2.99. The van der Waals surface area contributed by atoms with Gasteiger partial charge in [0.1, 0.15) is 0 Å². The summed E-state index contributed by atoms with van der Waals surface area (Å²) in [5, 5.41) is 16.6. The number of fused-ring (bicyclic) bond motifs is 2. The molecule has 5 aromatic carbocycles. The fourth-order valence-corrected chi connectivity index (χ4v) is 6.53. The first-order valence-electron chi connectivity index (χ1n) is 10.1. The first-order chi connectivity index (χ1) is 14.8. The number of rotatable bonds is 3. The summed E-state index contributed by atoms with van der Waals surface area (Å²) in [6.07, 6.45) is 0. The summed E-state index contributed by atoms with van der Waals surface area (Å²) in [5.74, 6) is 0. The maximum atomic E-state index is 7.00. The summed E-state index contributed by atoms with van der Waals surface area (Å²) < 4.78 is 0. The number of hydrogen-bond acceptors (Lipinski definition) is 1. The van der Waals surface area contributed by atoms with Crippen LogP contribution < -0.4 is 15.9 Å². The normalized spacial score (nSPS) is 10.8. The molecule has 0 aliphatic heterocycles. The van der Waals surface area contributed by atoms with E-state index < -0.39 is 7.92 Å². The highest BCUT2D eigenvalue weighted by molar-refractivity contribution is 7.80. The zero-order valence-electron chi connectivity index (χ0n) is 17.3. The molecule has 0 atom stereocenters. The van der Waals surface area contributed by atoms with Crippen LogP contribution in [0.4, 0.5) is 0 Å². The zero-order chi connectivity index (χ0) is 20.9. The van der Waals surface area contributed by atoms with Gasteiger partial charge in [-0.1, -0.05) is 115 Å². The van der Waals surface area contributed by atoms with Gasteiger partial charge in [0.2, 0.25) is 0 Å². The molecule has 0 aliphatic carbocycles. The molecule has 0 saturated heterocycles.